The Morgan fingerprint density at radius 2 is 1.86 bits per heavy atom. The van der Waals surface area contributed by atoms with Crippen LogP contribution in [-0.2, 0) is 16.1 Å². The lowest BCUT2D eigenvalue weighted by molar-refractivity contribution is 0.0106. The molecule has 8 heteroatoms. The number of nitrogens with zero attached hydrogens (tertiary/aromatic N) is 2. The summed E-state index contributed by atoms with van der Waals surface area (Å²) in [5.41, 5.74) is 4.81. The fourth-order valence-corrected chi connectivity index (χ4v) is 6.15. The number of hydrogen-bond acceptors (Lipinski definition) is 8. The Kier molecular flexibility index (Phi) is 9.33. The molecule has 2 unspecified atom stereocenters. The molecule has 3 aromatic carbocycles. The van der Waals surface area contributed by atoms with Gasteiger partial charge in [-0.3, -0.25) is 0 Å². The van der Waals surface area contributed by atoms with E-state index in [4.69, 9.17) is 23.7 Å². The van der Waals surface area contributed by atoms with Crippen molar-refractivity contribution in [1.82, 2.24) is 5.32 Å². The molecule has 1 N–H and O–H groups in total. The predicted octanol–water partition coefficient (Wildman–Crippen LogP) is 4.86. The number of hydrogen-bond donors (Lipinski definition) is 1. The summed E-state index contributed by atoms with van der Waals surface area (Å²) < 4.78 is 29.4. The molecule has 3 aromatic rings. The van der Waals surface area contributed by atoms with Gasteiger partial charge in [0.15, 0.2) is 0 Å². The molecular formula is C34H43N3O5. The largest absolute Gasteiger partial charge is 0.497 e. The average Bonchev–Trinajstić information content (AvgIpc) is 3.02. The summed E-state index contributed by atoms with van der Waals surface area (Å²) in [6.45, 7) is 7.52. The Balaban J connectivity index is 1.03. The van der Waals surface area contributed by atoms with E-state index in [1.165, 1.54) is 16.8 Å². The molecule has 0 amide bonds. The molecule has 224 valence electrons. The van der Waals surface area contributed by atoms with Crippen molar-refractivity contribution in [1.29, 1.82) is 0 Å². The monoisotopic (exact) mass is 573 g/mol. The van der Waals surface area contributed by atoms with Crippen molar-refractivity contribution in [2.75, 3.05) is 76.5 Å². The molecule has 6 rings (SSSR count). The van der Waals surface area contributed by atoms with Crippen LogP contribution in [0.3, 0.4) is 0 Å². The van der Waals surface area contributed by atoms with Gasteiger partial charge in [0.2, 0.25) is 0 Å². The second kappa shape index (κ2) is 13.7. The van der Waals surface area contributed by atoms with Crippen LogP contribution in [0.5, 0.6) is 17.2 Å². The van der Waals surface area contributed by atoms with Gasteiger partial charge in [-0.2, -0.15) is 0 Å². The smallest absolute Gasteiger partial charge is 0.142 e. The van der Waals surface area contributed by atoms with Crippen LogP contribution < -0.4 is 29.3 Å². The first-order valence-electron chi connectivity index (χ1n) is 15.2. The zero-order valence-corrected chi connectivity index (χ0v) is 24.8. The van der Waals surface area contributed by atoms with Crippen molar-refractivity contribution in [3.8, 4) is 17.2 Å². The van der Waals surface area contributed by atoms with E-state index in [-0.39, 0.29) is 12.2 Å². The van der Waals surface area contributed by atoms with E-state index < -0.39 is 0 Å². The molecule has 3 aliphatic rings. The third-order valence-electron chi connectivity index (χ3n) is 8.53. The van der Waals surface area contributed by atoms with Crippen LogP contribution in [0.4, 0.5) is 11.4 Å². The molecule has 0 aromatic heterocycles. The first-order valence-corrected chi connectivity index (χ1v) is 15.2. The minimum atomic E-state index is 0.110. The van der Waals surface area contributed by atoms with Gasteiger partial charge in [0.05, 0.1) is 45.1 Å². The zero-order valence-electron chi connectivity index (χ0n) is 24.8. The molecular weight excluding hydrogens is 530 g/mol. The van der Waals surface area contributed by atoms with Gasteiger partial charge in [-0.15, -0.1) is 0 Å². The highest BCUT2D eigenvalue weighted by Crippen LogP contribution is 2.34. The molecule has 2 fully saturated rings. The van der Waals surface area contributed by atoms with E-state index in [9.17, 15) is 0 Å². The van der Waals surface area contributed by atoms with Gasteiger partial charge in [0.25, 0.3) is 0 Å². The number of anilines is 2. The second-order valence-electron chi connectivity index (χ2n) is 11.3. The van der Waals surface area contributed by atoms with Crippen LogP contribution in [0, 0.1) is 0 Å². The zero-order chi connectivity index (χ0) is 28.7. The van der Waals surface area contributed by atoms with E-state index in [1.807, 2.05) is 12.1 Å². The standard InChI is InChI=1S/C34H43N3O5/c1-38-17-4-15-36-16-18-40-33-12-7-25(19-32(33)36)24-41-34-21-35-14-13-31(34)26-8-10-28(11-9-26)42-30-22-37(23-30)27-5-3-6-29(20-27)39-2/h3,5-12,19-20,30-31,34-35H,4,13-18,21-24H2,1-2H3. The van der Waals surface area contributed by atoms with Gasteiger partial charge >= 0.3 is 0 Å². The molecule has 0 radical (unpaired) electrons. The SMILES string of the molecule is COCCCN1CCOc2ccc(COC3CNCCC3c3ccc(OC4CN(c5cccc(OC)c5)C4)cc3)cc21. The van der Waals surface area contributed by atoms with Crippen molar-refractivity contribution >= 4 is 11.4 Å². The Bertz CT molecular complexity index is 1300. The molecule has 0 aliphatic carbocycles. The first kappa shape index (κ1) is 28.6. The third kappa shape index (κ3) is 6.77. The lowest BCUT2D eigenvalue weighted by Gasteiger charge is -2.40. The topological polar surface area (TPSA) is 64.7 Å². The summed E-state index contributed by atoms with van der Waals surface area (Å²) >= 11 is 0. The van der Waals surface area contributed by atoms with Crippen molar-refractivity contribution in [2.45, 2.75) is 37.6 Å². The van der Waals surface area contributed by atoms with Gasteiger partial charge in [-0.25, -0.2) is 0 Å². The van der Waals surface area contributed by atoms with E-state index in [2.05, 4.69) is 69.7 Å². The van der Waals surface area contributed by atoms with Crippen LogP contribution in [0.1, 0.15) is 29.9 Å². The number of benzene rings is 3. The Labute approximate surface area is 249 Å². The average molecular weight is 574 g/mol. The van der Waals surface area contributed by atoms with Crippen LogP contribution >= 0.6 is 0 Å². The molecule has 2 atom stereocenters. The number of rotatable bonds is 12. The fourth-order valence-electron chi connectivity index (χ4n) is 6.15. The molecule has 8 nitrogen and oxygen atoms in total. The number of ether oxygens (including phenoxy) is 5. The summed E-state index contributed by atoms with van der Waals surface area (Å²) in [7, 11) is 3.46. The molecule has 0 spiro atoms. The van der Waals surface area contributed by atoms with Crippen LogP contribution in [-0.4, -0.2) is 78.9 Å². The maximum Gasteiger partial charge on any atom is 0.142 e. The Hall–Kier alpha value is -3.46. The van der Waals surface area contributed by atoms with Crippen molar-refractivity contribution < 1.29 is 23.7 Å². The predicted molar refractivity (Wildman–Crippen MR) is 166 cm³/mol. The van der Waals surface area contributed by atoms with Gasteiger partial charge in [0, 0.05) is 44.5 Å². The summed E-state index contributed by atoms with van der Waals surface area (Å²) in [5.74, 6) is 3.10. The molecule has 0 bridgehead atoms. The Morgan fingerprint density at radius 1 is 0.976 bits per heavy atom. The third-order valence-corrected chi connectivity index (χ3v) is 8.53. The molecule has 0 saturated carbocycles. The highest BCUT2D eigenvalue weighted by atomic mass is 16.5. The lowest BCUT2D eigenvalue weighted by atomic mass is 9.87. The molecule has 2 saturated heterocycles. The maximum absolute atomic E-state index is 6.56. The van der Waals surface area contributed by atoms with E-state index in [0.29, 0.717) is 12.5 Å². The van der Waals surface area contributed by atoms with Gasteiger partial charge < -0.3 is 38.8 Å². The summed E-state index contributed by atoms with van der Waals surface area (Å²) in [6, 6.07) is 23.3. The van der Waals surface area contributed by atoms with Gasteiger partial charge in [0.1, 0.15) is 30.0 Å². The molecule has 42 heavy (non-hydrogen) atoms. The van der Waals surface area contributed by atoms with Gasteiger partial charge in [-0.05, 0) is 66.9 Å². The van der Waals surface area contributed by atoms with E-state index in [1.54, 1.807) is 14.2 Å². The van der Waals surface area contributed by atoms with Gasteiger partial charge in [-0.1, -0.05) is 24.3 Å². The minimum Gasteiger partial charge on any atom is -0.497 e. The van der Waals surface area contributed by atoms with Crippen molar-refractivity contribution in [3.05, 3.63) is 77.9 Å². The Morgan fingerprint density at radius 3 is 2.69 bits per heavy atom. The number of nitrogens with one attached hydrogen (secondary N) is 1. The summed E-state index contributed by atoms with van der Waals surface area (Å²) in [5, 5.41) is 3.53. The quantitative estimate of drug-likeness (QED) is 0.308. The number of fused-ring (bicyclic) bond motifs is 1. The molecule has 3 aliphatic heterocycles. The van der Waals surface area contributed by atoms with Crippen molar-refractivity contribution in [2.24, 2.45) is 0 Å². The van der Waals surface area contributed by atoms with Crippen LogP contribution in [0.15, 0.2) is 66.7 Å². The first-order chi connectivity index (χ1) is 20.7. The molecule has 3 heterocycles. The van der Waals surface area contributed by atoms with Crippen LogP contribution in [0.25, 0.3) is 0 Å². The number of piperidine rings is 1. The maximum atomic E-state index is 6.56. The lowest BCUT2D eigenvalue weighted by Crippen LogP contribution is -2.54. The summed E-state index contributed by atoms with van der Waals surface area (Å²) in [4.78, 5) is 4.71. The second-order valence-corrected chi connectivity index (χ2v) is 11.3. The fraction of sp³-hybridized carbons (Fsp3) is 0.471. The minimum absolute atomic E-state index is 0.110. The van der Waals surface area contributed by atoms with Crippen LogP contribution in [0.2, 0.25) is 0 Å². The van der Waals surface area contributed by atoms with Crippen molar-refractivity contribution in [3.63, 3.8) is 0 Å². The highest BCUT2D eigenvalue weighted by Gasteiger charge is 2.30. The number of methoxy groups -OCH3 is 2. The van der Waals surface area contributed by atoms with E-state index in [0.717, 1.165) is 88.3 Å². The highest BCUT2D eigenvalue weighted by molar-refractivity contribution is 5.61. The van der Waals surface area contributed by atoms with E-state index >= 15 is 0 Å². The normalized spacial score (nSPS) is 20.4. The summed E-state index contributed by atoms with van der Waals surface area (Å²) in [6.07, 6.45) is 2.35.